The molecule has 1 aromatic carbocycles. The van der Waals surface area contributed by atoms with Crippen LogP contribution in [0.2, 0.25) is 0 Å². The smallest absolute Gasteiger partial charge is 0.410 e. The van der Waals surface area contributed by atoms with E-state index in [2.05, 4.69) is 5.32 Å². The van der Waals surface area contributed by atoms with E-state index in [0.717, 1.165) is 6.07 Å². The van der Waals surface area contributed by atoms with Crippen LogP contribution in [0.1, 0.15) is 27.2 Å². The Balaban J connectivity index is 1.68. The summed E-state index contributed by atoms with van der Waals surface area (Å²) in [5.74, 6) is -2.04. The van der Waals surface area contributed by atoms with Crippen LogP contribution in [-0.2, 0) is 9.53 Å². The second-order valence-corrected chi connectivity index (χ2v) is 7.87. The van der Waals surface area contributed by atoms with Gasteiger partial charge in [0.1, 0.15) is 11.4 Å². The van der Waals surface area contributed by atoms with Gasteiger partial charge in [0.05, 0.1) is 5.69 Å². The Morgan fingerprint density at radius 2 is 1.82 bits per heavy atom. The van der Waals surface area contributed by atoms with Gasteiger partial charge in [-0.25, -0.2) is 13.6 Å². The van der Waals surface area contributed by atoms with E-state index in [1.54, 1.807) is 30.6 Å². The zero-order valence-electron chi connectivity index (χ0n) is 16.3. The number of piperazine rings is 1. The zero-order chi connectivity index (χ0) is 20.5. The molecule has 2 heterocycles. The topological polar surface area (TPSA) is 71.1 Å². The number of nitrogens with zero attached hydrogens (tertiary/aromatic N) is 2. The molecule has 7 nitrogen and oxygen atoms in total. The fourth-order valence-corrected chi connectivity index (χ4v) is 3.14. The van der Waals surface area contributed by atoms with E-state index >= 15 is 0 Å². The van der Waals surface area contributed by atoms with E-state index in [1.807, 2.05) is 0 Å². The van der Waals surface area contributed by atoms with E-state index < -0.39 is 29.4 Å². The van der Waals surface area contributed by atoms with Crippen molar-refractivity contribution in [3.63, 3.8) is 0 Å². The van der Waals surface area contributed by atoms with Crippen LogP contribution in [0.3, 0.4) is 0 Å². The highest BCUT2D eigenvalue weighted by Crippen LogP contribution is 2.30. The second kappa shape index (κ2) is 7.81. The largest absolute Gasteiger partial charge is 0.477 e. The maximum Gasteiger partial charge on any atom is 0.410 e. The molecule has 0 radical (unpaired) electrons. The minimum absolute atomic E-state index is 0.159. The van der Waals surface area contributed by atoms with Crippen molar-refractivity contribution in [3.05, 3.63) is 23.8 Å². The summed E-state index contributed by atoms with van der Waals surface area (Å²) in [5, 5.41) is 2.61. The lowest BCUT2D eigenvalue weighted by molar-refractivity contribution is -0.125. The number of rotatable bonds is 3. The minimum atomic E-state index is -0.853. The fraction of sp³-hybridized carbons (Fsp3) is 0.579. The summed E-state index contributed by atoms with van der Waals surface area (Å²) in [4.78, 5) is 27.1. The van der Waals surface area contributed by atoms with E-state index in [0.29, 0.717) is 39.1 Å². The lowest BCUT2D eigenvalue weighted by Gasteiger charge is -2.37. The van der Waals surface area contributed by atoms with Crippen LogP contribution >= 0.6 is 0 Å². The molecule has 1 unspecified atom stereocenters. The monoisotopic (exact) mass is 397 g/mol. The van der Waals surface area contributed by atoms with Gasteiger partial charge in [0, 0.05) is 51.3 Å². The summed E-state index contributed by atoms with van der Waals surface area (Å²) in [6.45, 7) is 7.28. The van der Waals surface area contributed by atoms with E-state index in [1.165, 1.54) is 6.07 Å². The van der Waals surface area contributed by atoms with Crippen LogP contribution < -0.4 is 15.0 Å². The van der Waals surface area contributed by atoms with Gasteiger partial charge >= 0.3 is 6.09 Å². The Morgan fingerprint density at radius 3 is 2.39 bits per heavy atom. The van der Waals surface area contributed by atoms with Gasteiger partial charge in [0.25, 0.3) is 5.91 Å². The quantitative estimate of drug-likeness (QED) is 0.848. The Kier molecular flexibility index (Phi) is 5.62. The number of benzene rings is 1. The maximum absolute atomic E-state index is 14.4. The predicted molar refractivity (Wildman–Crippen MR) is 98.4 cm³/mol. The Labute approximate surface area is 162 Å². The molecule has 0 saturated carbocycles. The predicted octanol–water partition coefficient (Wildman–Crippen LogP) is 2.29. The van der Waals surface area contributed by atoms with Gasteiger partial charge in [-0.1, -0.05) is 0 Å². The maximum atomic E-state index is 14.4. The number of ether oxygens (including phenoxy) is 2. The molecule has 3 rings (SSSR count). The normalized spacial score (nSPS) is 20.2. The molecule has 2 fully saturated rings. The molecule has 0 aromatic heterocycles. The summed E-state index contributed by atoms with van der Waals surface area (Å²) in [6.07, 6.45) is -0.765. The number of amides is 2. The van der Waals surface area contributed by atoms with Crippen LogP contribution in [-0.4, -0.2) is 61.3 Å². The number of carbonyl (C=O) groups is 2. The van der Waals surface area contributed by atoms with Gasteiger partial charge in [-0.2, -0.15) is 0 Å². The molecule has 1 N–H and O–H groups in total. The molecule has 2 amide bonds. The van der Waals surface area contributed by atoms with E-state index in [-0.39, 0.29) is 17.3 Å². The molecule has 28 heavy (non-hydrogen) atoms. The highest BCUT2D eigenvalue weighted by atomic mass is 19.1. The van der Waals surface area contributed by atoms with E-state index in [9.17, 15) is 18.4 Å². The number of hydrogen-bond donors (Lipinski definition) is 1. The van der Waals surface area contributed by atoms with Crippen molar-refractivity contribution >= 4 is 17.7 Å². The summed E-state index contributed by atoms with van der Waals surface area (Å²) in [7, 11) is 0. The number of anilines is 1. The van der Waals surface area contributed by atoms with Crippen LogP contribution in [0.4, 0.5) is 19.3 Å². The molecule has 0 bridgehead atoms. The number of nitrogens with one attached hydrogen (secondary N) is 1. The number of carbonyl (C=O) groups excluding carboxylic acids is 2. The zero-order valence-corrected chi connectivity index (χ0v) is 16.3. The van der Waals surface area contributed by atoms with Gasteiger partial charge in [-0.05, 0) is 20.8 Å². The average Bonchev–Trinajstić information content (AvgIpc) is 3.01. The summed E-state index contributed by atoms with van der Waals surface area (Å²) in [6, 6.07) is 2.04. The van der Waals surface area contributed by atoms with Crippen molar-refractivity contribution in [2.24, 2.45) is 0 Å². The highest BCUT2D eigenvalue weighted by Gasteiger charge is 2.30. The molecule has 1 atom stereocenters. The first kappa shape index (κ1) is 20.2. The molecule has 9 heteroatoms. The van der Waals surface area contributed by atoms with Crippen molar-refractivity contribution in [2.75, 3.05) is 37.6 Å². The highest BCUT2D eigenvalue weighted by molar-refractivity contribution is 5.83. The third kappa shape index (κ3) is 4.63. The van der Waals surface area contributed by atoms with Crippen molar-refractivity contribution < 1.29 is 27.8 Å². The molecule has 2 saturated heterocycles. The van der Waals surface area contributed by atoms with Gasteiger partial charge in [0.15, 0.2) is 17.7 Å². The Morgan fingerprint density at radius 1 is 1.14 bits per heavy atom. The van der Waals surface area contributed by atoms with E-state index in [4.69, 9.17) is 9.47 Å². The molecule has 154 valence electrons. The van der Waals surface area contributed by atoms with Crippen LogP contribution in [0.5, 0.6) is 5.75 Å². The van der Waals surface area contributed by atoms with Gasteiger partial charge < -0.3 is 24.6 Å². The fourth-order valence-electron chi connectivity index (χ4n) is 3.14. The summed E-state index contributed by atoms with van der Waals surface area (Å²) >= 11 is 0. The molecule has 2 aliphatic heterocycles. The van der Waals surface area contributed by atoms with Crippen LogP contribution in [0.15, 0.2) is 12.1 Å². The third-order valence-corrected chi connectivity index (χ3v) is 4.54. The first-order valence-electron chi connectivity index (χ1n) is 9.30. The van der Waals surface area contributed by atoms with Crippen LogP contribution in [0, 0.1) is 11.6 Å². The van der Waals surface area contributed by atoms with Crippen molar-refractivity contribution in [1.29, 1.82) is 0 Å². The molecule has 0 spiro atoms. The van der Waals surface area contributed by atoms with Crippen molar-refractivity contribution in [2.45, 2.75) is 38.9 Å². The first-order chi connectivity index (χ1) is 13.1. The number of hydrogen-bond acceptors (Lipinski definition) is 5. The Hall–Kier alpha value is -2.58. The lowest BCUT2D eigenvalue weighted by atomic mass is 10.2. The molecular weight excluding hydrogens is 372 g/mol. The minimum Gasteiger partial charge on any atom is -0.477 e. The second-order valence-electron chi connectivity index (χ2n) is 7.87. The SMILES string of the molecule is CC(C)(C)OC(=O)N1CCN(c2cc(OC3CCNC3=O)c(F)cc2F)CC1. The van der Waals surface area contributed by atoms with Gasteiger partial charge in [-0.3, -0.25) is 4.79 Å². The van der Waals surface area contributed by atoms with Crippen molar-refractivity contribution in [3.8, 4) is 5.75 Å². The molecular formula is C19H25F2N3O4. The summed E-state index contributed by atoms with van der Waals surface area (Å²) in [5.41, 5.74) is -0.408. The van der Waals surface area contributed by atoms with Crippen LogP contribution in [0.25, 0.3) is 0 Å². The van der Waals surface area contributed by atoms with Gasteiger partial charge in [-0.15, -0.1) is 0 Å². The van der Waals surface area contributed by atoms with Gasteiger partial charge in [0.2, 0.25) is 0 Å². The molecule has 1 aromatic rings. The Bertz CT molecular complexity index is 758. The average molecular weight is 397 g/mol. The first-order valence-corrected chi connectivity index (χ1v) is 9.30. The molecule has 0 aliphatic carbocycles. The number of halogens is 2. The lowest BCUT2D eigenvalue weighted by Crippen LogP contribution is -2.50. The van der Waals surface area contributed by atoms with Crippen molar-refractivity contribution in [1.82, 2.24) is 10.2 Å². The standard InChI is InChI=1S/C19H25F2N3O4/c1-19(2,3)28-18(26)24-8-6-23(7-9-24)14-11-16(13(21)10-12(14)20)27-15-4-5-22-17(15)25/h10-11,15H,4-9H2,1-3H3,(H,22,25). The molecule has 2 aliphatic rings. The third-order valence-electron chi connectivity index (χ3n) is 4.54. The summed E-state index contributed by atoms with van der Waals surface area (Å²) < 4.78 is 39.3.